The Bertz CT molecular complexity index is 200. The van der Waals surface area contributed by atoms with Crippen LogP contribution >= 0.6 is 0 Å². The van der Waals surface area contributed by atoms with E-state index in [0.717, 1.165) is 11.7 Å². The summed E-state index contributed by atoms with van der Waals surface area (Å²) in [5.41, 5.74) is 0.909. The van der Waals surface area contributed by atoms with E-state index in [-0.39, 0.29) is 5.60 Å². The summed E-state index contributed by atoms with van der Waals surface area (Å²) < 4.78 is 17.5. The maximum atomic E-state index is 6.20. The van der Waals surface area contributed by atoms with E-state index in [0.29, 0.717) is 0 Å². The maximum absolute atomic E-state index is 6.20. The molecule has 0 saturated carbocycles. The molecule has 0 aliphatic rings. The Morgan fingerprint density at radius 1 is 1.00 bits per heavy atom. The van der Waals surface area contributed by atoms with Crippen molar-refractivity contribution >= 4 is 16.9 Å². The second-order valence-corrected chi connectivity index (χ2v) is 14.3. The fourth-order valence-electron chi connectivity index (χ4n) is 2.15. The Labute approximate surface area is 103 Å². The van der Waals surface area contributed by atoms with Gasteiger partial charge in [-0.05, 0) is 39.9 Å². The largest absolute Gasteiger partial charge is 0.413 e. The van der Waals surface area contributed by atoms with Gasteiger partial charge in [0.05, 0.1) is 0 Å². The highest BCUT2D eigenvalue weighted by Crippen LogP contribution is 2.28. The lowest BCUT2D eigenvalue weighted by atomic mass is 10.2. The molecule has 0 unspecified atom stereocenters. The Hall–Kier alpha value is 0.314. The zero-order valence-corrected chi connectivity index (χ0v) is 14.1. The van der Waals surface area contributed by atoms with Gasteiger partial charge in [0.1, 0.15) is 0 Å². The highest BCUT2D eigenvalue weighted by atomic mass is 28.4. The molecule has 0 aromatic rings. The van der Waals surface area contributed by atoms with E-state index in [2.05, 4.69) is 40.8 Å². The normalized spacial score (nSPS) is 14.2. The summed E-state index contributed by atoms with van der Waals surface area (Å²) in [6.07, 6.45) is 0. The first-order valence-corrected chi connectivity index (χ1v) is 11.2. The van der Waals surface area contributed by atoms with E-state index in [1.54, 1.807) is 14.2 Å². The van der Waals surface area contributed by atoms with Crippen molar-refractivity contribution in [1.82, 2.24) is 0 Å². The predicted octanol–water partition coefficient (Wildman–Crippen LogP) is 3.30. The topological polar surface area (TPSA) is 27.7 Å². The Balaban J connectivity index is 4.66. The molecule has 98 valence electrons. The second kappa shape index (κ2) is 5.77. The van der Waals surface area contributed by atoms with Crippen LogP contribution < -0.4 is 0 Å². The molecular formula is C11H28O3Si2. The molecule has 0 N–H and O–H groups in total. The monoisotopic (exact) mass is 264 g/mol. The lowest BCUT2D eigenvalue weighted by Crippen LogP contribution is -2.51. The van der Waals surface area contributed by atoms with Crippen LogP contribution in [0.2, 0.25) is 24.8 Å². The third-order valence-electron chi connectivity index (χ3n) is 2.56. The summed E-state index contributed by atoms with van der Waals surface area (Å²) in [5, 5.41) is 0. The van der Waals surface area contributed by atoms with Gasteiger partial charge in [-0.2, -0.15) is 0 Å². The third-order valence-corrected chi connectivity index (χ3v) is 11.9. The Kier molecular flexibility index (Phi) is 5.89. The summed E-state index contributed by atoms with van der Waals surface area (Å²) in [7, 11) is -0.212. The van der Waals surface area contributed by atoms with Gasteiger partial charge in [-0.25, -0.2) is 0 Å². The number of hydrogen-bond acceptors (Lipinski definition) is 3. The summed E-state index contributed by atoms with van der Waals surface area (Å²) in [6, 6.07) is 0.976. The molecule has 0 spiro atoms. The van der Waals surface area contributed by atoms with Crippen LogP contribution in [0, 0.1) is 0 Å². The van der Waals surface area contributed by atoms with E-state index in [9.17, 15) is 0 Å². The maximum Gasteiger partial charge on any atom is 0.336 e. The molecule has 0 aromatic heterocycles. The fraction of sp³-hybridized carbons (Fsp3) is 1.00. The minimum atomic E-state index is -2.02. The van der Waals surface area contributed by atoms with Crippen molar-refractivity contribution in [1.29, 1.82) is 0 Å². The molecule has 0 aromatic carbocycles. The van der Waals surface area contributed by atoms with Gasteiger partial charge < -0.3 is 13.3 Å². The fourth-order valence-corrected chi connectivity index (χ4v) is 12.2. The molecule has 0 fully saturated rings. The molecular weight excluding hydrogens is 236 g/mol. The molecule has 3 nitrogen and oxygen atoms in total. The van der Waals surface area contributed by atoms with Crippen molar-refractivity contribution < 1.29 is 13.3 Å². The number of rotatable bonds is 6. The van der Waals surface area contributed by atoms with E-state index in [1.807, 2.05) is 0 Å². The van der Waals surface area contributed by atoms with Crippen LogP contribution in [-0.2, 0) is 13.3 Å². The molecule has 0 amide bonds. The third kappa shape index (κ3) is 5.59. The van der Waals surface area contributed by atoms with Crippen LogP contribution in [0.4, 0.5) is 0 Å². The van der Waals surface area contributed by atoms with Crippen LogP contribution in [0.3, 0.4) is 0 Å². The van der Waals surface area contributed by atoms with Crippen molar-refractivity contribution in [2.75, 3.05) is 14.2 Å². The van der Waals surface area contributed by atoms with Crippen molar-refractivity contribution in [2.45, 2.75) is 58.1 Å². The van der Waals surface area contributed by atoms with Crippen LogP contribution in [0.25, 0.3) is 0 Å². The molecule has 0 rings (SSSR count). The molecule has 16 heavy (non-hydrogen) atoms. The van der Waals surface area contributed by atoms with Gasteiger partial charge in [0.25, 0.3) is 0 Å². The highest BCUT2D eigenvalue weighted by Gasteiger charge is 2.43. The predicted molar refractivity (Wildman–Crippen MR) is 73.4 cm³/mol. The minimum absolute atomic E-state index is 0.0783. The van der Waals surface area contributed by atoms with Gasteiger partial charge in [-0.1, -0.05) is 6.92 Å². The van der Waals surface area contributed by atoms with Crippen molar-refractivity contribution in [3.8, 4) is 0 Å². The minimum Gasteiger partial charge on any atom is -0.413 e. The lowest BCUT2D eigenvalue weighted by Gasteiger charge is -2.37. The van der Waals surface area contributed by atoms with Crippen molar-refractivity contribution in [3.63, 3.8) is 0 Å². The van der Waals surface area contributed by atoms with E-state index in [4.69, 9.17) is 13.3 Å². The SMILES string of the molecule is CC[Si](C[Si](C)(C)OC(C)(C)C)(OC)OC. The van der Waals surface area contributed by atoms with Crippen LogP contribution in [0.15, 0.2) is 0 Å². The van der Waals surface area contributed by atoms with Crippen LogP contribution in [-0.4, -0.2) is 36.7 Å². The van der Waals surface area contributed by atoms with Gasteiger partial charge in [0, 0.05) is 25.5 Å². The first-order valence-electron chi connectivity index (χ1n) is 5.90. The molecule has 0 bridgehead atoms. The van der Waals surface area contributed by atoms with E-state index >= 15 is 0 Å². The standard InChI is InChI=1S/C11H28O3Si2/c1-9-16(12-5,13-6)10-15(7,8)14-11(2,3)4/h9-10H2,1-8H3. The Morgan fingerprint density at radius 3 is 1.69 bits per heavy atom. The highest BCUT2D eigenvalue weighted by molar-refractivity contribution is 6.87. The molecule has 0 radical (unpaired) electrons. The van der Waals surface area contributed by atoms with Gasteiger partial charge in [0.15, 0.2) is 8.32 Å². The molecule has 0 aliphatic carbocycles. The average Bonchev–Trinajstić information content (AvgIpc) is 2.10. The van der Waals surface area contributed by atoms with Crippen molar-refractivity contribution in [2.24, 2.45) is 0 Å². The van der Waals surface area contributed by atoms with Gasteiger partial charge >= 0.3 is 8.56 Å². The zero-order valence-electron chi connectivity index (χ0n) is 12.1. The van der Waals surface area contributed by atoms with E-state index in [1.165, 1.54) is 0 Å². The molecule has 0 heterocycles. The zero-order chi connectivity index (χ0) is 13.0. The average molecular weight is 265 g/mol. The van der Waals surface area contributed by atoms with E-state index < -0.39 is 16.9 Å². The van der Waals surface area contributed by atoms with Gasteiger partial charge in [0.2, 0.25) is 0 Å². The summed E-state index contributed by atoms with van der Waals surface area (Å²) in [5.74, 6) is 0. The summed E-state index contributed by atoms with van der Waals surface area (Å²) in [6.45, 7) is 13.0. The van der Waals surface area contributed by atoms with Crippen LogP contribution in [0.5, 0.6) is 0 Å². The van der Waals surface area contributed by atoms with Crippen molar-refractivity contribution in [3.05, 3.63) is 0 Å². The lowest BCUT2D eigenvalue weighted by molar-refractivity contribution is 0.120. The smallest absolute Gasteiger partial charge is 0.336 e. The Morgan fingerprint density at radius 2 is 1.44 bits per heavy atom. The molecule has 0 saturated heterocycles. The summed E-state index contributed by atoms with van der Waals surface area (Å²) in [4.78, 5) is 0. The van der Waals surface area contributed by atoms with Gasteiger partial charge in [-0.15, -0.1) is 0 Å². The molecule has 5 heteroatoms. The summed E-state index contributed by atoms with van der Waals surface area (Å²) >= 11 is 0. The molecule has 0 aliphatic heterocycles. The first-order chi connectivity index (χ1) is 7.10. The first kappa shape index (κ1) is 16.3. The number of hydrogen-bond donors (Lipinski definition) is 0. The van der Waals surface area contributed by atoms with Gasteiger partial charge in [-0.3, -0.25) is 0 Å². The quantitative estimate of drug-likeness (QED) is 0.689. The van der Waals surface area contributed by atoms with Crippen LogP contribution in [0.1, 0.15) is 27.7 Å². The molecule has 0 atom stereocenters. The second-order valence-electron chi connectivity index (χ2n) is 5.82.